The first kappa shape index (κ1) is 16.4. The van der Waals surface area contributed by atoms with Gasteiger partial charge >= 0.3 is 0 Å². The van der Waals surface area contributed by atoms with E-state index in [0.29, 0.717) is 30.8 Å². The van der Waals surface area contributed by atoms with E-state index in [-0.39, 0.29) is 11.5 Å². The highest BCUT2D eigenvalue weighted by atomic mass is 16.5. The Bertz CT molecular complexity index is 537. The van der Waals surface area contributed by atoms with Crippen molar-refractivity contribution in [1.29, 1.82) is 0 Å². The first-order chi connectivity index (χ1) is 11.1. The van der Waals surface area contributed by atoms with Crippen LogP contribution in [0.1, 0.15) is 63.6 Å². The van der Waals surface area contributed by atoms with Crippen LogP contribution in [0.4, 0.5) is 0 Å². The molecule has 1 amide bonds. The van der Waals surface area contributed by atoms with Gasteiger partial charge < -0.3 is 14.2 Å². The van der Waals surface area contributed by atoms with Crippen LogP contribution in [0.25, 0.3) is 0 Å². The van der Waals surface area contributed by atoms with Crippen LogP contribution in [0, 0.1) is 12.3 Å². The molecule has 0 bridgehead atoms. The predicted octanol–water partition coefficient (Wildman–Crippen LogP) is 2.86. The minimum Gasteiger partial charge on any atom is -0.367 e. The van der Waals surface area contributed by atoms with Crippen molar-refractivity contribution >= 4 is 5.91 Å². The summed E-state index contributed by atoms with van der Waals surface area (Å²) in [5.74, 6) is 1.44. The van der Waals surface area contributed by atoms with Gasteiger partial charge in [0, 0.05) is 18.5 Å². The van der Waals surface area contributed by atoms with E-state index < -0.39 is 0 Å². The molecular weight excluding hydrogens is 294 g/mol. The molecular formula is C17H27N3O3. The van der Waals surface area contributed by atoms with E-state index in [4.69, 9.17) is 9.26 Å². The highest BCUT2D eigenvalue weighted by Crippen LogP contribution is 2.38. The molecule has 23 heavy (non-hydrogen) atoms. The molecule has 2 aliphatic rings. The molecule has 2 heterocycles. The van der Waals surface area contributed by atoms with E-state index in [2.05, 4.69) is 17.1 Å². The number of ether oxygens (including phenoxy) is 1. The SMILES string of the molecule is Cc1noc(COC2CCCN(C(=O)C3(C)CCCCC3)C2)n1. The minimum atomic E-state index is -0.163. The van der Waals surface area contributed by atoms with Gasteiger partial charge in [-0.1, -0.05) is 31.3 Å². The zero-order chi connectivity index (χ0) is 16.3. The van der Waals surface area contributed by atoms with Crippen LogP contribution in [-0.4, -0.2) is 40.1 Å². The standard InChI is InChI=1S/C17H27N3O3/c1-13-18-15(23-19-13)12-22-14-7-6-10-20(11-14)16(21)17(2)8-4-3-5-9-17/h14H,3-12H2,1-2H3. The lowest BCUT2D eigenvalue weighted by atomic mass is 9.74. The van der Waals surface area contributed by atoms with E-state index in [1.807, 2.05) is 4.90 Å². The summed E-state index contributed by atoms with van der Waals surface area (Å²) < 4.78 is 11.0. The third-order valence-corrected chi connectivity index (χ3v) is 5.15. The molecule has 0 aromatic carbocycles. The molecule has 6 nitrogen and oxygen atoms in total. The fourth-order valence-corrected chi connectivity index (χ4v) is 3.77. The van der Waals surface area contributed by atoms with Gasteiger partial charge in [0.05, 0.1) is 6.10 Å². The molecule has 1 saturated heterocycles. The summed E-state index contributed by atoms with van der Waals surface area (Å²) in [6.45, 7) is 5.79. The van der Waals surface area contributed by atoms with Crippen molar-refractivity contribution in [3.05, 3.63) is 11.7 Å². The average molecular weight is 321 g/mol. The number of piperidine rings is 1. The Hall–Kier alpha value is -1.43. The van der Waals surface area contributed by atoms with Gasteiger partial charge in [-0.15, -0.1) is 0 Å². The molecule has 2 fully saturated rings. The van der Waals surface area contributed by atoms with Crippen LogP contribution < -0.4 is 0 Å². The second-order valence-electron chi connectivity index (χ2n) is 7.18. The number of aryl methyl sites for hydroxylation is 1. The number of amides is 1. The topological polar surface area (TPSA) is 68.5 Å². The molecule has 0 radical (unpaired) electrons. The van der Waals surface area contributed by atoms with Crippen LogP contribution in [0.15, 0.2) is 4.52 Å². The van der Waals surface area contributed by atoms with Crippen molar-refractivity contribution in [2.75, 3.05) is 13.1 Å². The molecule has 1 unspecified atom stereocenters. The Morgan fingerprint density at radius 2 is 2.13 bits per heavy atom. The van der Waals surface area contributed by atoms with Crippen molar-refractivity contribution in [1.82, 2.24) is 15.0 Å². The molecule has 3 rings (SSSR count). The summed E-state index contributed by atoms with van der Waals surface area (Å²) in [6.07, 6.45) is 7.69. The largest absolute Gasteiger partial charge is 0.367 e. The summed E-state index contributed by atoms with van der Waals surface area (Å²) in [4.78, 5) is 19.1. The molecule has 1 aromatic rings. The summed E-state index contributed by atoms with van der Waals surface area (Å²) >= 11 is 0. The van der Waals surface area contributed by atoms with Crippen LogP contribution in [0.5, 0.6) is 0 Å². The van der Waals surface area contributed by atoms with Gasteiger partial charge in [-0.05, 0) is 32.6 Å². The van der Waals surface area contributed by atoms with E-state index in [0.717, 1.165) is 32.2 Å². The quantitative estimate of drug-likeness (QED) is 0.853. The maximum absolute atomic E-state index is 12.9. The maximum atomic E-state index is 12.9. The number of aromatic nitrogens is 2. The number of hydrogen-bond acceptors (Lipinski definition) is 5. The zero-order valence-corrected chi connectivity index (χ0v) is 14.2. The minimum absolute atomic E-state index is 0.0621. The molecule has 1 atom stereocenters. The maximum Gasteiger partial charge on any atom is 0.252 e. The lowest BCUT2D eigenvalue weighted by Crippen LogP contribution is -2.49. The second-order valence-corrected chi connectivity index (χ2v) is 7.18. The molecule has 1 saturated carbocycles. The van der Waals surface area contributed by atoms with Crippen molar-refractivity contribution < 1.29 is 14.1 Å². The van der Waals surface area contributed by atoms with E-state index in [1.165, 1.54) is 19.3 Å². The number of rotatable bonds is 4. The van der Waals surface area contributed by atoms with Gasteiger partial charge in [0.15, 0.2) is 5.82 Å². The number of carbonyl (C=O) groups excluding carboxylic acids is 1. The van der Waals surface area contributed by atoms with E-state index in [1.54, 1.807) is 6.92 Å². The van der Waals surface area contributed by atoms with Crippen molar-refractivity contribution in [3.63, 3.8) is 0 Å². The van der Waals surface area contributed by atoms with E-state index in [9.17, 15) is 4.79 Å². The summed E-state index contributed by atoms with van der Waals surface area (Å²) in [6, 6.07) is 0. The normalized spacial score (nSPS) is 24.6. The summed E-state index contributed by atoms with van der Waals surface area (Å²) in [5.41, 5.74) is -0.163. The smallest absolute Gasteiger partial charge is 0.252 e. The third-order valence-electron chi connectivity index (χ3n) is 5.15. The van der Waals surface area contributed by atoms with Gasteiger partial charge in [0.25, 0.3) is 5.89 Å². The lowest BCUT2D eigenvalue weighted by molar-refractivity contribution is -0.147. The summed E-state index contributed by atoms with van der Waals surface area (Å²) in [5, 5.41) is 3.76. The molecule has 128 valence electrons. The Morgan fingerprint density at radius 1 is 1.35 bits per heavy atom. The predicted molar refractivity (Wildman–Crippen MR) is 84.6 cm³/mol. The van der Waals surface area contributed by atoms with Crippen molar-refractivity contribution in [3.8, 4) is 0 Å². The Balaban J connectivity index is 1.54. The van der Waals surface area contributed by atoms with Crippen LogP contribution >= 0.6 is 0 Å². The lowest BCUT2D eigenvalue weighted by Gasteiger charge is -2.40. The fourth-order valence-electron chi connectivity index (χ4n) is 3.77. The second kappa shape index (κ2) is 6.99. The Labute approximate surface area is 137 Å². The highest BCUT2D eigenvalue weighted by Gasteiger charge is 2.39. The average Bonchev–Trinajstić information content (AvgIpc) is 2.99. The first-order valence-corrected chi connectivity index (χ1v) is 8.77. The van der Waals surface area contributed by atoms with Crippen molar-refractivity contribution in [2.24, 2.45) is 5.41 Å². The fraction of sp³-hybridized carbons (Fsp3) is 0.824. The highest BCUT2D eigenvalue weighted by molar-refractivity contribution is 5.82. The monoisotopic (exact) mass is 321 g/mol. The van der Waals surface area contributed by atoms with Crippen LogP contribution in [-0.2, 0) is 16.1 Å². The molecule has 0 spiro atoms. The number of likely N-dealkylation sites (tertiary alicyclic amines) is 1. The van der Waals surface area contributed by atoms with E-state index >= 15 is 0 Å². The molecule has 6 heteroatoms. The third kappa shape index (κ3) is 3.91. The zero-order valence-electron chi connectivity index (χ0n) is 14.2. The van der Waals surface area contributed by atoms with Crippen molar-refractivity contribution in [2.45, 2.75) is 71.5 Å². The Kier molecular flexibility index (Phi) is 4.99. The van der Waals surface area contributed by atoms with Gasteiger partial charge in [0.1, 0.15) is 6.61 Å². The van der Waals surface area contributed by atoms with Gasteiger partial charge in [-0.25, -0.2) is 0 Å². The molecule has 1 aliphatic carbocycles. The number of carbonyl (C=O) groups is 1. The molecule has 1 aliphatic heterocycles. The Morgan fingerprint density at radius 3 is 2.83 bits per heavy atom. The van der Waals surface area contributed by atoms with Gasteiger partial charge in [-0.2, -0.15) is 4.98 Å². The molecule has 0 N–H and O–H groups in total. The van der Waals surface area contributed by atoms with Gasteiger partial charge in [0.2, 0.25) is 5.91 Å². The summed E-state index contributed by atoms with van der Waals surface area (Å²) in [7, 11) is 0. The van der Waals surface area contributed by atoms with Gasteiger partial charge in [-0.3, -0.25) is 4.79 Å². The molecule has 1 aromatic heterocycles. The van der Waals surface area contributed by atoms with Crippen LogP contribution in [0.3, 0.4) is 0 Å². The number of nitrogens with zero attached hydrogens (tertiary/aromatic N) is 3. The van der Waals surface area contributed by atoms with Crippen LogP contribution in [0.2, 0.25) is 0 Å². The first-order valence-electron chi connectivity index (χ1n) is 8.77. The number of hydrogen-bond donors (Lipinski definition) is 0.